The summed E-state index contributed by atoms with van der Waals surface area (Å²) in [6.45, 7) is 0. The van der Waals surface area contributed by atoms with Crippen molar-refractivity contribution in [1.29, 1.82) is 0 Å². The molecule has 0 radical (unpaired) electrons. The number of halogens is 3. The first-order chi connectivity index (χ1) is 7.75. The Morgan fingerprint density at radius 2 is 1.88 bits per heavy atom. The van der Waals surface area contributed by atoms with Crippen molar-refractivity contribution in [1.82, 2.24) is 0 Å². The van der Waals surface area contributed by atoms with E-state index in [0.717, 1.165) is 0 Å². The number of alkyl halides is 3. The van der Waals surface area contributed by atoms with Crippen LogP contribution in [0.1, 0.15) is 0 Å². The fraction of sp³-hybridized carbons (Fsp3) is 0.125. The van der Waals surface area contributed by atoms with Gasteiger partial charge in [-0.2, -0.15) is 13.2 Å². The molecule has 6 nitrogen and oxygen atoms in total. The summed E-state index contributed by atoms with van der Waals surface area (Å²) in [5.41, 5.74) is 4.90. The number of carbonyl (C=O) groups is 2. The Morgan fingerprint density at radius 1 is 1.35 bits per heavy atom. The maximum absolute atomic E-state index is 10.6. The number of carbonyl (C=O) groups excluding carboxylic acids is 1. The van der Waals surface area contributed by atoms with E-state index in [-0.39, 0.29) is 5.76 Å². The van der Waals surface area contributed by atoms with Gasteiger partial charge in [-0.3, -0.25) is 4.79 Å². The minimum Gasteiger partial charge on any atom is -0.475 e. The Kier molecular flexibility index (Phi) is 5.44. The molecule has 1 aliphatic rings. The fourth-order valence-corrected chi connectivity index (χ4v) is 0.473. The number of aliphatic carboxylic acids is 1. The van der Waals surface area contributed by atoms with Gasteiger partial charge in [0.1, 0.15) is 0 Å². The molecule has 0 atom stereocenters. The first kappa shape index (κ1) is 14.7. The smallest absolute Gasteiger partial charge is 0.475 e. The highest BCUT2D eigenvalue weighted by molar-refractivity contribution is 5.90. The average Bonchev–Trinajstić information content (AvgIpc) is 2.44. The molecule has 3 N–H and O–H groups in total. The molecule has 1 aliphatic heterocycles. The third kappa shape index (κ3) is 6.71. The van der Waals surface area contributed by atoms with Crippen molar-refractivity contribution in [2.24, 2.45) is 10.9 Å². The molecule has 94 valence electrons. The second-order valence-electron chi connectivity index (χ2n) is 2.43. The van der Waals surface area contributed by atoms with E-state index in [1.54, 1.807) is 12.2 Å². The van der Waals surface area contributed by atoms with E-state index in [9.17, 15) is 18.0 Å². The molecular formula is C8H7F3N2O4. The highest BCUT2D eigenvalue weighted by Crippen LogP contribution is 2.13. The molecule has 0 aliphatic carbocycles. The van der Waals surface area contributed by atoms with Crippen LogP contribution in [-0.4, -0.2) is 29.4 Å². The van der Waals surface area contributed by atoms with Crippen molar-refractivity contribution in [3.63, 3.8) is 0 Å². The van der Waals surface area contributed by atoms with Crippen LogP contribution in [0.4, 0.5) is 13.2 Å². The number of hydrogen-bond acceptors (Lipinski definition) is 4. The number of nitrogens with zero attached hydrogens (tertiary/aromatic N) is 1. The molecule has 9 heteroatoms. The zero-order valence-electron chi connectivity index (χ0n) is 8.14. The molecule has 0 unspecified atom stereocenters. The van der Waals surface area contributed by atoms with Crippen molar-refractivity contribution >= 4 is 18.1 Å². The molecular weight excluding hydrogens is 245 g/mol. The van der Waals surface area contributed by atoms with E-state index in [4.69, 9.17) is 15.6 Å². The molecule has 0 spiro atoms. The van der Waals surface area contributed by atoms with Gasteiger partial charge in [0.25, 0.3) is 5.91 Å². The number of allylic oxidation sites excluding steroid dienone is 3. The Hall–Kier alpha value is -2.32. The predicted octanol–water partition coefficient (Wildman–Crippen LogP) is 0.561. The summed E-state index contributed by atoms with van der Waals surface area (Å²) < 4.78 is 31.7. The number of rotatable bonds is 1. The van der Waals surface area contributed by atoms with Crippen molar-refractivity contribution in [3.8, 4) is 0 Å². The van der Waals surface area contributed by atoms with Crippen LogP contribution in [-0.2, 0) is 14.4 Å². The summed E-state index contributed by atoms with van der Waals surface area (Å²) in [5, 5.41) is 10.5. The van der Waals surface area contributed by atoms with Crippen molar-refractivity contribution in [3.05, 3.63) is 24.0 Å². The predicted molar refractivity (Wildman–Crippen MR) is 49.7 cm³/mol. The maximum Gasteiger partial charge on any atom is 0.490 e. The van der Waals surface area contributed by atoms with E-state index < -0.39 is 18.1 Å². The fourth-order valence-electron chi connectivity index (χ4n) is 0.473. The van der Waals surface area contributed by atoms with Gasteiger partial charge in [-0.15, -0.1) is 0 Å². The number of carboxylic acid groups (broad SMARTS) is 1. The number of oxime groups is 1. The van der Waals surface area contributed by atoms with E-state index in [1.165, 1.54) is 12.3 Å². The second-order valence-corrected chi connectivity index (χ2v) is 2.43. The van der Waals surface area contributed by atoms with Gasteiger partial charge >= 0.3 is 12.1 Å². The van der Waals surface area contributed by atoms with Gasteiger partial charge in [0.05, 0.1) is 6.21 Å². The molecule has 0 saturated carbocycles. The molecule has 17 heavy (non-hydrogen) atoms. The van der Waals surface area contributed by atoms with Crippen LogP contribution in [0.5, 0.6) is 0 Å². The molecule has 0 fully saturated rings. The zero-order valence-corrected chi connectivity index (χ0v) is 8.14. The highest BCUT2D eigenvalue weighted by Gasteiger charge is 2.38. The third-order valence-corrected chi connectivity index (χ3v) is 1.14. The van der Waals surface area contributed by atoms with Gasteiger partial charge < -0.3 is 15.7 Å². The Balaban J connectivity index is 0.000000325. The van der Waals surface area contributed by atoms with Crippen LogP contribution < -0.4 is 5.73 Å². The van der Waals surface area contributed by atoms with E-state index in [0.29, 0.717) is 0 Å². The number of hydrogen-bond donors (Lipinski definition) is 2. The first-order valence-corrected chi connectivity index (χ1v) is 3.92. The Morgan fingerprint density at radius 3 is 2.29 bits per heavy atom. The summed E-state index contributed by atoms with van der Waals surface area (Å²) in [5.74, 6) is -3.33. The minimum absolute atomic E-state index is 0.0463. The van der Waals surface area contributed by atoms with E-state index in [2.05, 4.69) is 9.99 Å². The lowest BCUT2D eigenvalue weighted by atomic mass is 10.4. The molecule has 0 aromatic rings. The summed E-state index contributed by atoms with van der Waals surface area (Å²) in [4.78, 5) is 23.9. The average molecular weight is 252 g/mol. The lowest BCUT2D eigenvalue weighted by Crippen LogP contribution is -2.21. The molecule has 1 heterocycles. The summed E-state index contributed by atoms with van der Waals surface area (Å²) >= 11 is 0. The standard InChI is InChI=1S/C6H6N2O2.C2HF3O2/c7-6(9)5-3-1-2-4-8-10-5;3-2(4,5)1(6)7/h1-4H,(H2,7,9);(H,6,7). The lowest BCUT2D eigenvalue weighted by molar-refractivity contribution is -0.192. The number of nitrogens with two attached hydrogens (primary N) is 1. The second kappa shape index (κ2) is 6.30. The Labute approximate surface area is 92.8 Å². The number of amides is 1. The topological polar surface area (TPSA) is 102 Å². The molecule has 0 bridgehead atoms. The largest absolute Gasteiger partial charge is 0.490 e. The van der Waals surface area contributed by atoms with Crippen molar-refractivity contribution in [2.45, 2.75) is 6.18 Å². The van der Waals surface area contributed by atoms with Crippen LogP contribution in [0.25, 0.3) is 0 Å². The van der Waals surface area contributed by atoms with E-state index >= 15 is 0 Å². The highest BCUT2D eigenvalue weighted by atomic mass is 19.4. The van der Waals surface area contributed by atoms with Crippen LogP contribution in [0.3, 0.4) is 0 Å². The van der Waals surface area contributed by atoms with Crippen molar-refractivity contribution in [2.75, 3.05) is 0 Å². The van der Waals surface area contributed by atoms with Gasteiger partial charge in [0.15, 0.2) is 0 Å². The Bertz CT molecular complexity index is 385. The van der Waals surface area contributed by atoms with Crippen LogP contribution >= 0.6 is 0 Å². The SMILES string of the molecule is NC(=O)C1=CC=CC=NO1.O=C(O)C(F)(F)F. The monoisotopic (exact) mass is 252 g/mol. The van der Waals surface area contributed by atoms with Crippen LogP contribution in [0.2, 0.25) is 0 Å². The normalized spacial score (nSPS) is 13.7. The maximum atomic E-state index is 10.6. The molecule has 1 amide bonds. The molecule has 0 aromatic heterocycles. The molecule has 0 aromatic carbocycles. The van der Waals surface area contributed by atoms with Gasteiger partial charge in [-0.25, -0.2) is 4.79 Å². The third-order valence-electron chi connectivity index (χ3n) is 1.14. The quantitative estimate of drug-likeness (QED) is 0.711. The zero-order chi connectivity index (χ0) is 13.5. The first-order valence-electron chi connectivity index (χ1n) is 3.92. The summed E-state index contributed by atoms with van der Waals surface area (Å²) in [6.07, 6.45) is 1.05. The van der Waals surface area contributed by atoms with Crippen LogP contribution in [0.15, 0.2) is 29.1 Å². The minimum atomic E-state index is -5.08. The van der Waals surface area contributed by atoms with Gasteiger partial charge in [0.2, 0.25) is 5.76 Å². The number of carboxylic acids is 1. The lowest BCUT2D eigenvalue weighted by Gasteiger charge is -1.94. The van der Waals surface area contributed by atoms with Gasteiger partial charge in [0, 0.05) is 0 Å². The van der Waals surface area contributed by atoms with Crippen LogP contribution in [0, 0.1) is 0 Å². The van der Waals surface area contributed by atoms with E-state index in [1.807, 2.05) is 0 Å². The summed E-state index contributed by atoms with van der Waals surface area (Å²) in [7, 11) is 0. The molecule has 0 saturated heterocycles. The van der Waals surface area contributed by atoms with Gasteiger partial charge in [-0.05, 0) is 12.2 Å². The molecule has 1 rings (SSSR count). The summed E-state index contributed by atoms with van der Waals surface area (Å²) in [6, 6.07) is 0. The van der Waals surface area contributed by atoms with Gasteiger partial charge in [-0.1, -0.05) is 11.2 Å². The van der Waals surface area contributed by atoms with Crippen molar-refractivity contribution < 1.29 is 32.7 Å². The number of primary amides is 1.